The number of allylic oxidation sites excluding steroid dienone is 1. The van der Waals surface area contributed by atoms with E-state index in [1.807, 2.05) is 0 Å². The molecule has 0 saturated carbocycles. The molecule has 0 saturated heterocycles. The summed E-state index contributed by atoms with van der Waals surface area (Å²) in [5.74, 6) is 0. The average Bonchev–Trinajstić information content (AvgIpc) is 3.33. The summed E-state index contributed by atoms with van der Waals surface area (Å²) in [5, 5.41) is 4.00. The van der Waals surface area contributed by atoms with Gasteiger partial charge in [-0.3, -0.25) is 0 Å². The number of hydrogen-bond donors (Lipinski definition) is 1. The maximum absolute atomic E-state index is 3.73. The van der Waals surface area contributed by atoms with E-state index < -0.39 is 0 Å². The average molecular weight is 405 g/mol. The van der Waals surface area contributed by atoms with Crippen LogP contribution in [0.25, 0.3) is 49.9 Å². The lowest BCUT2D eigenvalue weighted by molar-refractivity contribution is 0.661. The number of rotatable bonds is 2. The van der Waals surface area contributed by atoms with E-state index in [-0.39, 0.29) is 5.41 Å². The number of hydrogen-bond acceptors (Lipinski definition) is 0. The van der Waals surface area contributed by atoms with Crippen molar-refractivity contribution in [2.45, 2.75) is 39.5 Å². The van der Waals surface area contributed by atoms with Gasteiger partial charge in [0.2, 0.25) is 0 Å². The predicted octanol–water partition coefficient (Wildman–Crippen LogP) is 7.85. The number of nitrogens with zero attached hydrogens (tertiary/aromatic N) is 1. The molecule has 1 N–H and O–H groups in total. The quantitative estimate of drug-likeness (QED) is 0.309. The zero-order valence-corrected chi connectivity index (χ0v) is 18.9. The molecule has 0 amide bonds. The van der Waals surface area contributed by atoms with E-state index in [9.17, 15) is 0 Å². The van der Waals surface area contributed by atoms with Gasteiger partial charge in [0.05, 0.1) is 5.52 Å². The molecular formula is C29H28N2. The fourth-order valence-corrected chi connectivity index (χ4v) is 5.80. The highest BCUT2D eigenvalue weighted by Crippen LogP contribution is 2.50. The Morgan fingerprint density at radius 2 is 1.74 bits per heavy atom. The lowest BCUT2D eigenvalue weighted by atomic mass is 9.82. The number of benzene rings is 3. The van der Waals surface area contributed by atoms with Crippen LogP contribution in [-0.2, 0) is 12.5 Å². The van der Waals surface area contributed by atoms with Gasteiger partial charge in [0.25, 0.3) is 0 Å². The van der Waals surface area contributed by atoms with Crippen LogP contribution in [0.15, 0.2) is 54.6 Å². The van der Waals surface area contributed by atoms with Crippen molar-refractivity contribution >= 4 is 38.8 Å². The topological polar surface area (TPSA) is 20.7 Å². The molecule has 2 heterocycles. The third kappa shape index (κ3) is 2.28. The van der Waals surface area contributed by atoms with Crippen molar-refractivity contribution in [3.05, 3.63) is 77.0 Å². The number of aromatic nitrogens is 2. The van der Waals surface area contributed by atoms with Gasteiger partial charge in [0.1, 0.15) is 0 Å². The second-order valence-corrected chi connectivity index (χ2v) is 9.50. The molecular weight excluding hydrogens is 376 g/mol. The van der Waals surface area contributed by atoms with Gasteiger partial charge in [-0.25, -0.2) is 0 Å². The molecule has 0 atom stereocenters. The first-order chi connectivity index (χ1) is 14.9. The lowest BCUT2D eigenvalue weighted by Crippen LogP contribution is -2.14. The molecule has 0 unspecified atom stereocenters. The monoisotopic (exact) mass is 404 g/mol. The summed E-state index contributed by atoms with van der Waals surface area (Å²) in [6, 6.07) is 18.2. The summed E-state index contributed by atoms with van der Waals surface area (Å²) in [6.45, 7) is 9.14. The third-order valence-corrected chi connectivity index (χ3v) is 7.43. The fraction of sp³-hybridized carbons (Fsp3) is 0.241. The van der Waals surface area contributed by atoms with E-state index in [0.717, 1.165) is 6.42 Å². The summed E-state index contributed by atoms with van der Waals surface area (Å²) in [7, 11) is 2.20. The Kier molecular flexibility index (Phi) is 3.66. The van der Waals surface area contributed by atoms with Crippen molar-refractivity contribution in [3.63, 3.8) is 0 Å². The molecule has 6 rings (SSSR count). The molecule has 154 valence electrons. The molecule has 1 aliphatic carbocycles. The standard InChI is InChI=1S/C29H28N2/c1-6-7-12-26-17(2)18-13-14-24-27(28(18)31(26)5)21-15-23-20(16-25(21)30-24)19-10-8-9-11-22(19)29(23,3)4/h7-16,30H,6H2,1-5H3/b12-7-. The molecule has 0 fully saturated rings. The molecule has 1 aliphatic rings. The van der Waals surface area contributed by atoms with Crippen LogP contribution in [0.1, 0.15) is 49.6 Å². The predicted molar refractivity (Wildman–Crippen MR) is 134 cm³/mol. The number of aryl methyl sites for hydroxylation is 2. The molecule has 0 radical (unpaired) electrons. The van der Waals surface area contributed by atoms with Gasteiger partial charge in [-0.2, -0.15) is 0 Å². The first kappa shape index (κ1) is 18.5. The van der Waals surface area contributed by atoms with E-state index in [1.165, 1.54) is 66.2 Å². The minimum Gasteiger partial charge on any atom is -0.354 e. The van der Waals surface area contributed by atoms with Crippen molar-refractivity contribution in [3.8, 4) is 11.1 Å². The summed E-state index contributed by atoms with van der Waals surface area (Å²) >= 11 is 0. The Bertz CT molecular complexity index is 1550. The summed E-state index contributed by atoms with van der Waals surface area (Å²) in [5.41, 5.74) is 12.0. The molecule has 31 heavy (non-hydrogen) atoms. The lowest BCUT2D eigenvalue weighted by Gasteiger charge is -2.21. The number of fused-ring (bicyclic) bond motifs is 8. The molecule has 3 aromatic carbocycles. The SMILES string of the molecule is CC/C=C\c1c(C)c2ccc3[nH]c4cc5c(cc4c3c2n1C)C(C)(C)c1ccccc1-5. The van der Waals surface area contributed by atoms with Crippen molar-refractivity contribution in [1.82, 2.24) is 9.55 Å². The van der Waals surface area contributed by atoms with Gasteiger partial charge in [-0.1, -0.05) is 57.2 Å². The van der Waals surface area contributed by atoms with Crippen molar-refractivity contribution in [1.29, 1.82) is 0 Å². The van der Waals surface area contributed by atoms with E-state index >= 15 is 0 Å². The largest absolute Gasteiger partial charge is 0.354 e. The highest BCUT2D eigenvalue weighted by Gasteiger charge is 2.35. The summed E-state index contributed by atoms with van der Waals surface area (Å²) in [6.07, 6.45) is 5.57. The van der Waals surface area contributed by atoms with Gasteiger partial charge in [-0.15, -0.1) is 0 Å². The summed E-state index contributed by atoms with van der Waals surface area (Å²) < 4.78 is 2.37. The Labute approximate surface area is 183 Å². The molecule has 2 heteroatoms. The van der Waals surface area contributed by atoms with Crippen LogP contribution in [0.3, 0.4) is 0 Å². The van der Waals surface area contributed by atoms with E-state index in [2.05, 4.69) is 105 Å². The Balaban J connectivity index is 1.74. The Hall–Kier alpha value is -3.26. The number of H-pyrrole nitrogens is 1. The minimum atomic E-state index is 0.0107. The molecule has 5 aromatic rings. The van der Waals surface area contributed by atoms with Crippen molar-refractivity contribution in [2.24, 2.45) is 7.05 Å². The zero-order valence-electron chi connectivity index (χ0n) is 18.9. The second kappa shape index (κ2) is 6.13. The van der Waals surface area contributed by atoms with Gasteiger partial charge in [0, 0.05) is 45.3 Å². The maximum atomic E-state index is 3.73. The van der Waals surface area contributed by atoms with Crippen molar-refractivity contribution < 1.29 is 0 Å². The van der Waals surface area contributed by atoms with Crippen LogP contribution in [-0.4, -0.2) is 9.55 Å². The Morgan fingerprint density at radius 1 is 0.935 bits per heavy atom. The smallest absolute Gasteiger partial charge is 0.0586 e. The van der Waals surface area contributed by atoms with Crippen LogP contribution in [0, 0.1) is 6.92 Å². The van der Waals surface area contributed by atoms with Gasteiger partial charge < -0.3 is 9.55 Å². The number of aromatic amines is 1. The van der Waals surface area contributed by atoms with Crippen LogP contribution in [0.4, 0.5) is 0 Å². The van der Waals surface area contributed by atoms with Gasteiger partial charge in [0.15, 0.2) is 0 Å². The maximum Gasteiger partial charge on any atom is 0.0586 e. The van der Waals surface area contributed by atoms with Crippen LogP contribution < -0.4 is 0 Å². The van der Waals surface area contributed by atoms with Crippen LogP contribution in [0.2, 0.25) is 0 Å². The minimum absolute atomic E-state index is 0.0107. The highest BCUT2D eigenvalue weighted by molar-refractivity contribution is 6.21. The molecule has 2 aromatic heterocycles. The third-order valence-electron chi connectivity index (χ3n) is 7.43. The molecule has 0 aliphatic heterocycles. The van der Waals surface area contributed by atoms with E-state index in [1.54, 1.807) is 0 Å². The van der Waals surface area contributed by atoms with Crippen LogP contribution >= 0.6 is 0 Å². The molecule has 2 nitrogen and oxygen atoms in total. The Morgan fingerprint density at radius 3 is 2.55 bits per heavy atom. The highest BCUT2D eigenvalue weighted by atomic mass is 15.0. The van der Waals surface area contributed by atoms with E-state index in [0.29, 0.717) is 0 Å². The van der Waals surface area contributed by atoms with E-state index in [4.69, 9.17) is 0 Å². The number of nitrogens with one attached hydrogen (secondary N) is 1. The normalized spacial score (nSPS) is 14.9. The fourth-order valence-electron chi connectivity index (χ4n) is 5.80. The van der Waals surface area contributed by atoms with Crippen LogP contribution in [0.5, 0.6) is 0 Å². The molecule has 0 spiro atoms. The first-order valence-corrected chi connectivity index (χ1v) is 11.3. The van der Waals surface area contributed by atoms with Crippen molar-refractivity contribution in [2.75, 3.05) is 0 Å². The van der Waals surface area contributed by atoms with Gasteiger partial charge in [-0.05, 0) is 65.4 Å². The van der Waals surface area contributed by atoms with Gasteiger partial charge >= 0.3 is 0 Å². The first-order valence-electron chi connectivity index (χ1n) is 11.3. The summed E-state index contributed by atoms with van der Waals surface area (Å²) in [4.78, 5) is 3.73. The second-order valence-electron chi connectivity index (χ2n) is 9.50. The molecule has 0 bridgehead atoms. The zero-order chi connectivity index (χ0) is 21.5.